The topological polar surface area (TPSA) is 58.6 Å². The molecule has 0 aromatic heterocycles. The Kier molecular flexibility index (Phi) is 5.27. The van der Waals surface area contributed by atoms with Crippen LogP contribution in [-0.2, 0) is 9.53 Å². The van der Waals surface area contributed by atoms with Crippen molar-refractivity contribution in [1.82, 2.24) is 0 Å². The normalized spacial score (nSPS) is 20.7. The molecule has 0 spiro atoms. The predicted octanol–water partition coefficient (Wildman–Crippen LogP) is 4.47. The number of halogens is 1. The Bertz CT molecular complexity index is 908. The number of nitrogens with zero attached hydrogens (tertiary/aromatic N) is 1. The van der Waals surface area contributed by atoms with Crippen molar-refractivity contribution >= 4 is 34.9 Å². The number of anilines is 2. The molecule has 2 aromatic carbocycles. The second-order valence-electron chi connectivity index (χ2n) is 7.38. The lowest BCUT2D eigenvalue weighted by Gasteiger charge is -2.22. The zero-order chi connectivity index (χ0) is 19.7. The summed E-state index contributed by atoms with van der Waals surface area (Å²) in [6.07, 6.45) is 3.04. The molecule has 0 bridgehead atoms. The fourth-order valence-electron chi connectivity index (χ4n) is 3.94. The highest BCUT2D eigenvalue weighted by Crippen LogP contribution is 2.50. The summed E-state index contributed by atoms with van der Waals surface area (Å²) in [7, 11) is 1.35. The van der Waals surface area contributed by atoms with Crippen LogP contribution in [0.1, 0.15) is 41.1 Å². The van der Waals surface area contributed by atoms with Crippen molar-refractivity contribution in [2.45, 2.75) is 25.2 Å². The molecule has 1 N–H and O–H groups in total. The maximum absolute atomic E-state index is 12.9. The van der Waals surface area contributed by atoms with Gasteiger partial charge in [0.25, 0.3) is 0 Å². The molecule has 28 heavy (non-hydrogen) atoms. The third-order valence-electron chi connectivity index (χ3n) is 5.55. The second-order valence-corrected chi connectivity index (χ2v) is 7.78. The van der Waals surface area contributed by atoms with Gasteiger partial charge in [-0.05, 0) is 55.0 Å². The molecule has 2 fully saturated rings. The third kappa shape index (κ3) is 3.72. The van der Waals surface area contributed by atoms with Gasteiger partial charge in [-0.15, -0.1) is 0 Å². The summed E-state index contributed by atoms with van der Waals surface area (Å²) in [4.78, 5) is 27.1. The Morgan fingerprint density at radius 1 is 1.14 bits per heavy atom. The molecule has 0 radical (unpaired) electrons. The van der Waals surface area contributed by atoms with Crippen LogP contribution in [0.25, 0.3) is 0 Å². The van der Waals surface area contributed by atoms with Crippen molar-refractivity contribution < 1.29 is 14.3 Å². The SMILES string of the molecule is COC(=O)c1ccc(N2CCCC2)c(NC(=O)C2CC2c2ccccc2Cl)c1. The summed E-state index contributed by atoms with van der Waals surface area (Å²) in [5, 5.41) is 3.76. The number of carbonyl (C=O) groups excluding carboxylic acids is 2. The molecule has 1 aliphatic heterocycles. The van der Waals surface area contributed by atoms with E-state index in [0.29, 0.717) is 16.3 Å². The molecule has 2 aliphatic rings. The zero-order valence-corrected chi connectivity index (χ0v) is 16.5. The molecule has 1 saturated carbocycles. The fourth-order valence-corrected chi connectivity index (χ4v) is 4.22. The van der Waals surface area contributed by atoms with Gasteiger partial charge in [0.1, 0.15) is 0 Å². The summed E-state index contributed by atoms with van der Waals surface area (Å²) in [5.74, 6) is -0.406. The van der Waals surface area contributed by atoms with Gasteiger partial charge in [0.15, 0.2) is 0 Å². The number of rotatable bonds is 5. The first-order valence-electron chi connectivity index (χ1n) is 9.61. The Morgan fingerprint density at radius 3 is 2.61 bits per heavy atom. The first-order chi connectivity index (χ1) is 13.6. The van der Waals surface area contributed by atoms with E-state index in [4.69, 9.17) is 16.3 Å². The van der Waals surface area contributed by atoms with E-state index in [1.807, 2.05) is 30.3 Å². The van der Waals surface area contributed by atoms with E-state index in [2.05, 4.69) is 10.2 Å². The largest absolute Gasteiger partial charge is 0.465 e. The Balaban J connectivity index is 1.55. The van der Waals surface area contributed by atoms with Gasteiger partial charge in [-0.1, -0.05) is 29.8 Å². The number of benzene rings is 2. The predicted molar refractivity (Wildman–Crippen MR) is 110 cm³/mol. The van der Waals surface area contributed by atoms with Gasteiger partial charge in [-0.25, -0.2) is 4.79 Å². The summed E-state index contributed by atoms with van der Waals surface area (Å²) in [5.41, 5.74) is 3.07. The van der Waals surface area contributed by atoms with E-state index < -0.39 is 5.97 Å². The number of carbonyl (C=O) groups is 2. The molecule has 4 rings (SSSR count). The van der Waals surface area contributed by atoms with Crippen LogP contribution in [0.3, 0.4) is 0 Å². The van der Waals surface area contributed by atoms with E-state index in [0.717, 1.165) is 43.6 Å². The van der Waals surface area contributed by atoms with Crippen LogP contribution in [0.2, 0.25) is 5.02 Å². The summed E-state index contributed by atoms with van der Waals surface area (Å²) in [6, 6.07) is 13.0. The molecule has 2 aromatic rings. The average Bonchev–Trinajstić information content (AvgIpc) is 3.32. The van der Waals surface area contributed by atoms with E-state index >= 15 is 0 Å². The van der Waals surface area contributed by atoms with Gasteiger partial charge in [0.2, 0.25) is 5.91 Å². The molecule has 5 nitrogen and oxygen atoms in total. The maximum atomic E-state index is 12.9. The molecular formula is C22H23ClN2O3. The standard InChI is InChI=1S/C22H23ClN2O3/c1-28-22(27)14-8-9-20(25-10-4-5-11-25)19(12-14)24-21(26)17-13-16(17)15-6-2-3-7-18(15)23/h2-3,6-9,12,16-17H,4-5,10-11,13H2,1H3,(H,24,26). The molecule has 1 heterocycles. The minimum absolute atomic E-state index is 0.0348. The smallest absolute Gasteiger partial charge is 0.337 e. The number of hydrogen-bond acceptors (Lipinski definition) is 4. The van der Waals surface area contributed by atoms with E-state index in [9.17, 15) is 9.59 Å². The summed E-state index contributed by atoms with van der Waals surface area (Å²) < 4.78 is 4.83. The molecule has 1 saturated heterocycles. The lowest BCUT2D eigenvalue weighted by molar-refractivity contribution is -0.117. The number of esters is 1. The number of methoxy groups -OCH3 is 1. The fraction of sp³-hybridized carbons (Fsp3) is 0.364. The Hall–Kier alpha value is -2.53. The average molecular weight is 399 g/mol. The van der Waals surface area contributed by atoms with Gasteiger partial charge < -0.3 is 15.0 Å². The van der Waals surface area contributed by atoms with Gasteiger partial charge in [0, 0.05) is 24.0 Å². The number of nitrogens with one attached hydrogen (secondary N) is 1. The van der Waals surface area contributed by atoms with Crippen LogP contribution in [0, 0.1) is 5.92 Å². The minimum atomic E-state index is -0.413. The molecular weight excluding hydrogens is 376 g/mol. The monoisotopic (exact) mass is 398 g/mol. The minimum Gasteiger partial charge on any atom is -0.465 e. The number of ether oxygens (including phenoxy) is 1. The van der Waals surface area contributed by atoms with Gasteiger partial charge in [0.05, 0.1) is 24.0 Å². The van der Waals surface area contributed by atoms with Crippen LogP contribution < -0.4 is 10.2 Å². The Labute approximate surface area is 169 Å². The first-order valence-corrected chi connectivity index (χ1v) is 9.99. The maximum Gasteiger partial charge on any atom is 0.337 e. The second kappa shape index (κ2) is 7.84. The van der Waals surface area contributed by atoms with Gasteiger partial charge in [-0.3, -0.25) is 4.79 Å². The summed E-state index contributed by atoms with van der Waals surface area (Å²) in [6.45, 7) is 1.90. The van der Waals surface area contributed by atoms with E-state index in [1.165, 1.54) is 7.11 Å². The zero-order valence-electron chi connectivity index (χ0n) is 15.8. The van der Waals surface area contributed by atoms with Crippen molar-refractivity contribution in [1.29, 1.82) is 0 Å². The van der Waals surface area contributed by atoms with Crippen molar-refractivity contribution in [3.8, 4) is 0 Å². The van der Waals surface area contributed by atoms with E-state index in [1.54, 1.807) is 12.1 Å². The van der Waals surface area contributed by atoms with Crippen molar-refractivity contribution in [2.75, 3.05) is 30.4 Å². The Morgan fingerprint density at radius 2 is 1.89 bits per heavy atom. The van der Waals surface area contributed by atoms with Crippen molar-refractivity contribution in [3.05, 3.63) is 58.6 Å². The van der Waals surface area contributed by atoms with Crippen molar-refractivity contribution in [2.24, 2.45) is 5.92 Å². The number of hydrogen-bond donors (Lipinski definition) is 1. The highest BCUT2D eigenvalue weighted by molar-refractivity contribution is 6.31. The lowest BCUT2D eigenvalue weighted by atomic mass is 10.1. The van der Waals surface area contributed by atoms with Crippen LogP contribution in [0.4, 0.5) is 11.4 Å². The molecule has 2 atom stereocenters. The molecule has 1 aliphatic carbocycles. The molecule has 2 unspecified atom stereocenters. The first kappa shape index (κ1) is 18.8. The van der Waals surface area contributed by atoms with Crippen LogP contribution in [-0.4, -0.2) is 32.1 Å². The highest BCUT2D eigenvalue weighted by atomic mass is 35.5. The van der Waals surface area contributed by atoms with Crippen LogP contribution >= 0.6 is 11.6 Å². The third-order valence-corrected chi connectivity index (χ3v) is 5.90. The quantitative estimate of drug-likeness (QED) is 0.755. The van der Waals surface area contributed by atoms with Crippen LogP contribution in [0.15, 0.2) is 42.5 Å². The number of amides is 1. The van der Waals surface area contributed by atoms with Gasteiger partial charge in [-0.2, -0.15) is 0 Å². The molecule has 1 amide bonds. The van der Waals surface area contributed by atoms with Crippen molar-refractivity contribution in [3.63, 3.8) is 0 Å². The lowest BCUT2D eigenvalue weighted by Crippen LogP contribution is -2.22. The molecule has 6 heteroatoms. The highest BCUT2D eigenvalue weighted by Gasteiger charge is 2.45. The van der Waals surface area contributed by atoms with Crippen LogP contribution in [0.5, 0.6) is 0 Å². The van der Waals surface area contributed by atoms with Gasteiger partial charge >= 0.3 is 5.97 Å². The summed E-state index contributed by atoms with van der Waals surface area (Å²) >= 11 is 6.28. The van der Waals surface area contributed by atoms with E-state index in [-0.39, 0.29) is 17.7 Å². The molecule has 146 valence electrons.